The second-order valence-electron chi connectivity index (χ2n) is 5.92. The lowest BCUT2D eigenvalue weighted by molar-refractivity contribution is -0.385. The second kappa shape index (κ2) is 8.99. The predicted molar refractivity (Wildman–Crippen MR) is 111 cm³/mol. The van der Waals surface area contributed by atoms with E-state index in [1.54, 1.807) is 60.7 Å². The smallest absolute Gasteiger partial charge is 0.311 e. The number of nitrogens with one attached hydrogen (secondary N) is 1. The Morgan fingerprint density at radius 1 is 1.00 bits per heavy atom. The number of ether oxygens (including phenoxy) is 1. The van der Waals surface area contributed by atoms with Crippen molar-refractivity contribution < 1.29 is 14.5 Å². The minimum absolute atomic E-state index is 0.123. The Labute approximate surface area is 171 Å². The van der Waals surface area contributed by atoms with E-state index in [2.05, 4.69) is 10.5 Å². The monoisotopic (exact) mass is 409 g/mol. The van der Waals surface area contributed by atoms with Crippen LogP contribution < -0.4 is 10.2 Å². The summed E-state index contributed by atoms with van der Waals surface area (Å²) < 4.78 is 5.05. The maximum atomic E-state index is 12.4. The zero-order valence-corrected chi connectivity index (χ0v) is 16.1. The Balaban J connectivity index is 2.05. The first-order valence-corrected chi connectivity index (χ1v) is 8.89. The zero-order valence-electron chi connectivity index (χ0n) is 15.3. The molecule has 7 nitrogen and oxygen atoms in total. The molecular weight excluding hydrogens is 394 g/mol. The summed E-state index contributed by atoms with van der Waals surface area (Å²) in [5, 5.41) is 16.1. The summed E-state index contributed by atoms with van der Waals surface area (Å²) in [6.07, 6.45) is 0. The summed E-state index contributed by atoms with van der Waals surface area (Å²) >= 11 is 6.09. The summed E-state index contributed by atoms with van der Waals surface area (Å²) in [5.41, 5.74) is 4.05. The number of hydrazone groups is 1. The van der Waals surface area contributed by atoms with Crippen LogP contribution in [0.5, 0.6) is 5.75 Å². The van der Waals surface area contributed by atoms with Gasteiger partial charge >= 0.3 is 5.69 Å². The summed E-state index contributed by atoms with van der Waals surface area (Å²) in [6, 6.07) is 19.9. The van der Waals surface area contributed by atoms with E-state index in [9.17, 15) is 14.9 Å². The van der Waals surface area contributed by atoms with Gasteiger partial charge in [-0.25, -0.2) is 5.43 Å². The van der Waals surface area contributed by atoms with Crippen LogP contribution in [0.4, 0.5) is 5.69 Å². The van der Waals surface area contributed by atoms with E-state index >= 15 is 0 Å². The topological polar surface area (TPSA) is 93.8 Å². The average molecular weight is 410 g/mol. The van der Waals surface area contributed by atoms with Crippen molar-refractivity contribution in [3.8, 4) is 5.75 Å². The number of nitro benzene ring substituents is 1. The zero-order chi connectivity index (χ0) is 20.8. The van der Waals surface area contributed by atoms with Gasteiger partial charge in [0.25, 0.3) is 5.91 Å². The van der Waals surface area contributed by atoms with Gasteiger partial charge in [0.2, 0.25) is 0 Å². The molecule has 0 fully saturated rings. The van der Waals surface area contributed by atoms with Crippen molar-refractivity contribution in [1.82, 2.24) is 5.43 Å². The van der Waals surface area contributed by atoms with Gasteiger partial charge in [0, 0.05) is 27.8 Å². The molecule has 0 saturated heterocycles. The van der Waals surface area contributed by atoms with Crippen molar-refractivity contribution in [1.29, 1.82) is 0 Å². The van der Waals surface area contributed by atoms with Gasteiger partial charge in [-0.2, -0.15) is 5.10 Å². The molecule has 1 N–H and O–H groups in total. The maximum Gasteiger partial charge on any atom is 0.311 e. The number of nitrogens with zero attached hydrogens (tertiary/aromatic N) is 2. The number of rotatable bonds is 6. The van der Waals surface area contributed by atoms with Crippen molar-refractivity contribution in [2.24, 2.45) is 5.10 Å². The van der Waals surface area contributed by atoms with Crippen LogP contribution in [0.3, 0.4) is 0 Å². The highest BCUT2D eigenvalue weighted by Crippen LogP contribution is 2.29. The van der Waals surface area contributed by atoms with Crippen LogP contribution in [-0.2, 0) is 0 Å². The number of nitro groups is 1. The molecule has 8 heteroatoms. The van der Waals surface area contributed by atoms with Gasteiger partial charge in [-0.05, 0) is 36.4 Å². The first-order valence-electron chi connectivity index (χ1n) is 8.51. The summed E-state index contributed by atoms with van der Waals surface area (Å²) in [7, 11) is 1.36. The molecule has 0 aromatic heterocycles. The molecule has 146 valence electrons. The lowest BCUT2D eigenvalue weighted by Gasteiger charge is -2.10. The van der Waals surface area contributed by atoms with E-state index in [0.717, 1.165) is 0 Å². The fourth-order valence-electron chi connectivity index (χ4n) is 2.67. The molecular formula is C21H16ClN3O4. The summed E-state index contributed by atoms with van der Waals surface area (Å²) in [4.78, 5) is 23.2. The van der Waals surface area contributed by atoms with Crippen molar-refractivity contribution >= 4 is 28.9 Å². The molecule has 0 atom stereocenters. The molecule has 0 unspecified atom stereocenters. The molecule has 0 bridgehead atoms. The van der Waals surface area contributed by atoms with E-state index in [1.165, 1.54) is 19.2 Å². The Morgan fingerprint density at radius 3 is 2.34 bits per heavy atom. The second-order valence-corrected chi connectivity index (χ2v) is 6.36. The summed E-state index contributed by atoms with van der Waals surface area (Å²) in [6.45, 7) is 0. The van der Waals surface area contributed by atoms with Gasteiger partial charge in [0.1, 0.15) is 0 Å². The van der Waals surface area contributed by atoms with Crippen molar-refractivity contribution in [3.05, 3.63) is 105 Å². The van der Waals surface area contributed by atoms with Crippen LogP contribution in [-0.4, -0.2) is 23.7 Å². The van der Waals surface area contributed by atoms with E-state index in [0.29, 0.717) is 27.4 Å². The Bertz CT molecular complexity index is 1080. The molecule has 3 rings (SSSR count). The van der Waals surface area contributed by atoms with Crippen molar-refractivity contribution in [2.75, 3.05) is 7.11 Å². The molecule has 0 aliphatic heterocycles. The Hall–Kier alpha value is -3.71. The van der Waals surface area contributed by atoms with Gasteiger partial charge in [0.15, 0.2) is 5.75 Å². The van der Waals surface area contributed by atoms with Crippen LogP contribution in [0.1, 0.15) is 21.5 Å². The van der Waals surface area contributed by atoms with Crippen LogP contribution in [0.15, 0.2) is 77.9 Å². The molecule has 3 aromatic carbocycles. The van der Waals surface area contributed by atoms with E-state index in [1.807, 2.05) is 0 Å². The number of hydrogen-bond acceptors (Lipinski definition) is 5. The molecule has 0 spiro atoms. The number of benzene rings is 3. The number of hydrogen-bond donors (Lipinski definition) is 1. The van der Waals surface area contributed by atoms with E-state index in [-0.39, 0.29) is 11.4 Å². The molecule has 0 saturated carbocycles. The third kappa shape index (κ3) is 4.77. The quantitative estimate of drug-likeness (QED) is 0.370. The third-order valence-corrected chi connectivity index (χ3v) is 4.29. The summed E-state index contributed by atoms with van der Waals surface area (Å²) in [5.74, 6) is -0.286. The van der Waals surface area contributed by atoms with Gasteiger partial charge in [-0.1, -0.05) is 41.9 Å². The van der Waals surface area contributed by atoms with Gasteiger partial charge in [0.05, 0.1) is 17.7 Å². The average Bonchev–Trinajstić information content (AvgIpc) is 2.74. The normalized spacial score (nSPS) is 11.0. The molecule has 0 radical (unpaired) electrons. The fraction of sp³-hybridized carbons (Fsp3) is 0.0476. The lowest BCUT2D eigenvalue weighted by atomic mass is 10.0. The minimum Gasteiger partial charge on any atom is -0.490 e. The molecule has 29 heavy (non-hydrogen) atoms. The fourth-order valence-corrected chi connectivity index (χ4v) is 2.86. The highest BCUT2D eigenvalue weighted by molar-refractivity contribution is 6.31. The molecule has 0 aliphatic rings. The molecule has 0 heterocycles. The first-order chi connectivity index (χ1) is 14.0. The minimum atomic E-state index is -0.541. The third-order valence-electron chi connectivity index (χ3n) is 4.05. The molecule has 3 aromatic rings. The number of carbonyl (C=O) groups excluding carboxylic acids is 1. The number of halogens is 1. The highest BCUT2D eigenvalue weighted by atomic mass is 35.5. The molecule has 0 aliphatic carbocycles. The largest absolute Gasteiger partial charge is 0.490 e. The number of amides is 1. The van der Waals surface area contributed by atoms with E-state index < -0.39 is 10.8 Å². The van der Waals surface area contributed by atoms with Gasteiger partial charge in [-0.15, -0.1) is 0 Å². The maximum absolute atomic E-state index is 12.4. The van der Waals surface area contributed by atoms with Crippen molar-refractivity contribution in [2.45, 2.75) is 0 Å². The SMILES string of the molecule is COc1ccc(C(=NNC(=O)c2ccccc2)c2cccc(Cl)c2)cc1[N+](=O)[O-]. The van der Waals surface area contributed by atoms with Crippen LogP contribution in [0.2, 0.25) is 5.02 Å². The highest BCUT2D eigenvalue weighted by Gasteiger charge is 2.19. The van der Waals surface area contributed by atoms with Crippen LogP contribution in [0.25, 0.3) is 0 Å². The van der Waals surface area contributed by atoms with Gasteiger partial charge in [-0.3, -0.25) is 14.9 Å². The Morgan fingerprint density at radius 2 is 1.69 bits per heavy atom. The van der Waals surface area contributed by atoms with Crippen LogP contribution >= 0.6 is 11.6 Å². The van der Waals surface area contributed by atoms with Gasteiger partial charge < -0.3 is 4.74 Å². The first kappa shape index (κ1) is 20.0. The van der Waals surface area contributed by atoms with Crippen LogP contribution in [0, 0.1) is 10.1 Å². The number of carbonyl (C=O) groups is 1. The predicted octanol–water partition coefficient (Wildman–Crippen LogP) is 4.44. The van der Waals surface area contributed by atoms with Crippen molar-refractivity contribution in [3.63, 3.8) is 0 Å². The standard InChI is InChI=1S/C21H16ClN3O4/c1-29-19-11-10-16(13-18(19)25(27)28)20(15-8-5-9-17(22)12-15)23-24-21(26)14-6-3-2-4-7-14/h2-13H,1H3,(H,24,26). The molecule has 1 amide bonds. The van der Waals surface area contributed by atoms with E-state index in [4.69, 9.17) is 16.3 Å². The Kier molecular flexibility index (Phi) is 6.21. The number of methoxy groups -OCH3 is 1. The lowest BCUT2D eigenvalue weighted by Crippen LogP contribution is -2.20.